The van der Waals surface area contributed by atoms with E-state index in [-0.39, 0.29) is 16.6 Å². The Morgan fingerprint density at radius 2 is 1.14 bits per heavy atom. The van der Waals surface area contributed by atoms with Gasteiger partial charge in [0.25, 0.3) is 0 Å². The van der Waals surface area contributed by atoms with Crippen molar-refractivity contribution in [1.82, 2.24) is 15.0 Å². The monoisotopic (exact) mass is 552 g/mol. The lowest BCUT2D eigenvalue weighted by Gasteiger charge is -2.19. The van der Waals surface area contributed by atoms with Gasteiger partial charge < -0.3 is 0 Å². The summed E-state index contributed by atoms with van der Waals surface area (Å²) in [5.41, 5.74) is 3.56. The Bertz CT molecular complexity index is 2190. The van der Waals surface area contributed by atoms with Crippen LogP contribution in [0.2, 0.25) is 0 Å². The smallest absolute Gasteiger partial charge is 0.247 e. The summed E-state index contributed by atoms with van der Waals surface area (Å²) in [5.74, 6) is 0. The molecule has 5 aromatic carbocycles. The summed E-state index contributed by atoms with van der Waals surface area (Å²) < 4.78 is 44.8. The molecule has 0 radical (unpaired) electrons. The van der Waals surface area contributed by atoms with E-state index in [4.69, 9.17) is 15.0 Å². The molecule has 7 heteroatoms. The van der Waals surface area contributed by atoms with Crippen molar-refractivity contribution in [3.8, 4) is 39.8 Å². The molecule has 0 bridgehead atoms. The summed E-state index contributed by atoms with van der Waals surface area (Å²) in [7, 11) is 0. The molecule has 7 aromatic rings. The number of rotatable bonds is 3. The van der Waals surface area contributed by atoms with E-state index in [9.17, 15) is 18.4 Å². The molecule has 0 unspecified atom stereocenters. The number of hydrogen-bond acceptors (Lipinski definition) is 4. The third-order valence-corrected chi connectivity index (χ3v) is 7.27. The van der Waals surface area contributed by atoms with Crippen molar-refractivity contribution in [3.05, 3.63) is 126 Å². The molecule has 0 spiro atoms. The number of aromatic nitrogens is 3. The molecule has 7 rings (SSSR count). The largest absolute Gasteiger partial charge is 0.417 e. The van der Waals surface area contributed by atoms with Crippen LogP contribution in [0, 0.1) is 11.3 Å². The molecule has 0 fully saturated rings. The minimum Gasteiger partial charge on any atom is -0.247 e. The van der Waals surface area contributed by atoms with Gasteiger partial charge in [-0.1, -0.05) is 91.0 Å². The first-order chi connectivity index (χ1) is 20.4. The molecule has 0 amide bonds. The van der Waals surface area contributed by atoms with Crippen molar-refractivity contribution in [2.45, 2.75) is 6.18 Å². The van der Waals surface area contributed by atoms with Gasteiger partial charge in [0.05, 0.1) is 50.8 Å². The molecule has 2 heterocycles. The van der Waals surface area contributed by atoms with Crippen molar-refractivity contribution in [2.75, 3.05) is 0 Å². The average molecular weight is 553 g/mol. The minimum absolute atomic E-state index is 0.0791. The van der Waals surface area contributed by atoms with E-state index in [0.29, 0.717) is 44.3 Å². The quantitative estimate of drug-likeness (QED) is 0.205. The van der Waals surface area contributed by atoms with Gasteiger partial charge in [-0.2, -0.15) is 18.4 Å². The predicted molar refractivity (Wildman–Crippen MR) is 158 cm³/mol. The van der Waals surface area contributed by atoms with Gasteiger partial charge in [-0.05, 0) is 24.3 Å². The highest BCUT2D eigenvalue weighted by Crippen LogP contribution is 2.45. The number of alkyl halides is 3. The van der Waals surface area contributed by atoms with Crippen LogP contribution < -0.4 is 0 Å². The van der Waals surface area contributed by atoms with Gasteiger partial charge in [0.1, 0.15) is 0 Å². The highest BCUT2D eigenvalue weighted by atomic mass is 19.4. The Kier molecular flexibility index (Phi) is 5.91. The van der Waals surface area contributed by atoms with Crippen LogP contribution in [-0.4, -0.2) is 15.0 Å². The molecule has 4 nitrogen and oxygen atoms in total. The van der Waals surface area contributed by atoms with Crippen molar-refractivity contribution < 1.29 is 13.2 Å². The molecule has 42 heavy (non-hydrogen) atoms. The van der Waals surface area contributed by atoms with E-state index in [1.807, 2.05) is 60.7 Å². The van der Waals surface area contributed by atoms with Gasteiger partial charge in [-0.3, -0.25) is 0 Å². The molecule has 0 aliphatic rings. The molecule has 0 aliphatic carbocycles. The summed E-state index contributed by atoms with van der Waals surface area (Å²) in [6, 6.07) is 35.5. The van der Waals surface area contributed by atoms with Crippen LogP contribution >= 0.6 is 0 Å². The fourth-order valence-corrected chi connectivity index (χ4v) is 5.43. The van der Waals surface area contributed by atoms with E-state index in [1.54, 1.807) is 48.5 Å². The molecule has 0 saturated heterocycles. The molecular formula is C35H19F3N4. The number of benzene rings is 5. The van der Waals surface area contributed by atoms with Gasteiger partial charge in [-0.15, -0.1) is 0 Å². The van der Waals surface area contributed by atoms with Crippen molar-refractivity contribution in [2.24, 2.45) is 0 Å². The zero-order valence-electron chi connectivity index (χ0n) is 21.9. The van der Waals surface area contributed by atoms with Crippen LogP contribution in [0.15, 0.2) is 115 Å². The van der Waals surface area contributed by atoms with Crippen LogP contribution in [0.4, 0.5) is 13.2 Å². The maximum absolute atomic E-state index is 14.9. The fraction of sp³-hybridized carbons (Fsp3) is 0.0286. The molecule has 0 N–H and O–H groups in total. The molecule has 2 aromatic heterocycles. The van der Waals surface area contributed by atoms with E-state index >= 15 is 0 Å². The standard InChI is InChI=1S/C35H19F3N4/c36-35(37,38)26-19-28-34(42-33(23-13-5-2-6-14-23)32(41-28)22-11-3-1-4-12-22)29-25-16-7-8-17-27(25)40-31(30(26)29)24-15-9-10-21(18-24)20-39/h1-19H. The fourth-order valence-electron chi connectivity index (χ4n) is 5.43. The maximum atomic E-state index is 14.9. The highest BCUT2D eigenvalue weighted by Gasteiger charge is 2.36. The number of nitrogens with zero attached hydrogens (tertiary/aromatic N) is 4. The third-order valence-electron chi connectivity index (χ3n) is 7.27. The van der Waals surface area contributed by atoms with Gasteiger partial charge in [0, 0.05) is 32.8 Å². The van der Waals surface area contributed by atoms with Crippen molar-refractivity contribution in [1.29, 1.82) is 5.26 Å². The number of para-hydroxylation sites is 1. The second kappa shape index (κ2) is 9.79. The Morgan fingerprint density at radius 3 is 1.81 bits per heavy atom. The van der Waals surface area contributed by atoms with Crippen LogP contribution in [0.1, 0.15) is 11.1 Å². The summed E-state index contributed by atoms with van der Waals surface area (Å²) in [5, 5.41) is 10.3. The van der Waals surface area contributed by atoms with E-state index in [2.05, 4.69) is 6.07 Å². The van der Waals surface area contributed by atoms with E-state index in [0.717, 1.165) is 17.2 Å². The lowest BCUT2D eigenvalue weighted by molar-refractivity contribution is -0.136. The number of nitriles is 1. The van der Waals surface area contributed by atoms with Crippen LogP contribution in [0.5, 0.6) is 0 Å². The molecular weight excluding hydrogens is 533 g/mol. The number of hydrogen-bond donors (Lipinski definition) is 0. The molecule has 0 saturated carbocycles. The maximum Gasteiger partial charge on any atom is 0.417 e. The zero-order valence-corrected chi connectivity index (χ0v) is 21.9. The SMILES string of the molecule is N#Cc1cccc(-c2nc3ccccc3c3c2c(C(F)(F)F)cc2nc(-c4ccccc4)c(-c4ccccc4)nc23)c1. The number of halogens is 3. The second-order valence-corrected chi connectivity index (χ2v) is 9.86. The number of fused-ring (bicyclic) bond motifs is 5. The van der Waals surface area contributed by atoms with Crippen molar-refractivity contribution >= 4 is 32.7 Å². The Hall–Kier alpha value is -5.61. The lowest BCUT2D eigenvalue weighted by atomic mass is 9.93. The van der Waals surface area contributed by atoms with Crippen LogP contribution in [0.25, 0.3) is 66.5 Å². The normalized spacial score (nSPS) is 11.7. The minimum atomic E-state index is -4.72. The first-order valence-corrected chi connectivity index (χ1v) is 13.2. The second-order valence-electron chi connectivity index (χ2n) is 9.86. The summed E-state index contributed by atoms with van der Waals surface area (Å²) >= 11 is 0. The Balaban J connectivity index is 1.72. The lowest BCUT2D eigenvalue weighted by Crippen LogP contribution is -2.09. The average Bonchev–Trinajstić information content (AvgIpc) is 3.03. The first-order valence-electron chi connectivity index (χ1n) is 13.2. The zero-order chi connectivity index (χ0) is 28.8. The summed E-state index contributed by atoms with van der Waals surface area (Å²) in [4.78, 5) is 14.7. The molecule has 200 valence electrons. The van der Waals surface area contributed by atoms with E-state index < -0.39 is 11.7 Å². The van der Waals surface area contributed by atoms with Crippen molar-refractivity contribution in [3.63, 3.8) is 0 Å². The summed E-state index contributed by atoms with van der Waals surface area (Å²) in [6.07, 6.45) is -4.72. The molecule has 0 atom stereocenters. The first kappa shape index (κ1) is 25.4. The van der Waals surface area contributed by atoms with Crippen LogP contribution in [-0.2, 0) is 6.18 Å². The Labute approximate surface area is 238 Å². The third kappa shape index (κ3) is 4.21. The van der Waals surface area contributed by atoms with Crippen LogP contribution in [0.3, 0.4) is 0 Å². The Morgan fingerprint density at radius 1 is 0.548 bits per heavy atom. The van der Waals surface area contributed by atoms with E-state index in [1.165, 1.54) is 0 Å². The topological polar surface area (TPSA) is 62.5 Å². The highest BCUT2D eigenvalue weighted by molar-refractivity contribution is 6.22. The summed E-state index contributed by atoms with van der Waals surface area (Å²) in [6.45, 7) is 0. The predicted octanol–water partition coefficient (Wildman–Crippen LogP) is 9.22. The molecule has 0 aliphatic heterocycles. The van der Waals surface area contributed by atoms with Gasteiger partial charge in [0.15, 0.2) is 0 Å². The van der Waals surface area contributed by atoms with Gasteiger partial charge in [0.2, 0.25) is 0 Å². The van der Waals surface area contributed by atoms with Gasteiger partial charge >= 0.3 is 6.18 Å². The number of pyridine rings is 1. The van der Waals surface area contributed by atoms with Gasteiger partial charge in [-0.25, -0.2) is 15.0 Å².